The fourth-order valence-electron chi connectivity index (χ4n) is 2.20. The van der Waals surface area contributed by atoms with E-state index in [0.29, 0.717) is 18.7 Å². The fourth-order valence-corrected chi connectivity index (χ4v) is 2.20. The van der Waals surface area contributed by atoms with Crippen molar-refractivity contribution in [3.8, 4) is 0 Å². The van der Waals surface area contributed by atoms with E-state index in [2.05, 4.69) is 10.6 Å². The summed E-state index contributed by atoms with van der Waals surface area (Å²) in [6.45, 7) is 0.487. The largest absolute Gasteiger partial charge is 0.385 e. The van der Waals surface area contributed by atoms with Crippen LogP contribution in [0, 0.1) is 15.9 Å². The van der Waals surface area contributed by atoms with E-state index in [1.165, 1.54) is 24.3 Å². The Morgan fingerprint density at radius 1 is 1.12 bits per heavy atom. The fraction of sp³-hybridized carbons (Fsp3) is 0.176. The van der Waals surface area contributed by atoms with Gasteiger partial charge in [0.2, 0.25) is 5.91 Å². The summed E-state index contributed by atoms with van der Waals surface area (Å²) in [5.74, 6) is -1.95. The summed E-state index contributed by atoms with van der Waals surface area (Å²) in [6.07, 6.45) is 0.704. The SMILES string of the molecule is NC(=O)c1cc(NC(=O)CCCNc2ccc([N+](=O)[O-])cc2)ccc1F. The molecule has 2 aromatic rings. The summed E-state index contributed by atoms with van der Waals surface area (Å²) < 4.78 is 13.4. The number of anilines is 2. The van der Waals surface area contributed by atoms with Gasteiger partial charge in [-0.25, -0.2) is 4.39 Å². The molecule has 8 nitrogen and oxygen atoms in total. The Bertz CT molecular complexity index is 824. The number of benzene rings is 2. The number of carbonyl (C=O) groups excluding carboxylic acids is 2. The van der Waals surface area contributed by atoms with Crippen molar-refractivity contribution in [3.63, 3.8) is 0 Å². The normalized spacial score (nSPS) is 10.2. The van der Waals surface area contributed by atoms with Gasteiger partial charge in [-0.1, -0.05) is 0 Å². The molecule has 9 heteroatoms. The van der Waals surface area contributed by atoms with Crippen LogP contribution in [0.15, 0.2) is 42.5 Å². The molecule has 0 aliphatic heterocycles. The number of carbonyl (C=O) groups is 2. The Labute approximate surface area is 148 Å². The third-order valence-electron chi connectivity index (χ3n) is 3.50. The van der Waals surface area contributed by atoms with E-state index in [0.717, 1.165) is 6.07 Å². The topological polar surface area (TPSA) is 127 Å². The second-order valence-corrected chi connectivity index (χ2v) is 5.44. The molecule has 2 amide bonds. The number of nitrogens with one attached hydrogen (secondary N) is 2. The highest BCUT2D eigenvalue weighted by Gasteiger charge is 2.10. The lowest BCUT2D eigenvalue weighted by Crippen LogP contribution is -2.16. The minimum Gasteiger partial charge on any atom is -0.385 e. The van der Waals surface area contributed by atoms with Gasteiger partial charge in [0.1, 0.15) is 5.82 Å². The molecule has 0 unspecified atom stereocenters. The Hall–Kier alpha value is -3.49. The van der Waals surface area contributed by atoms with E-state index in [4.69, 9.17) is 5.73 Å². The smallest absolute Gasteiger partial charge is 0.269 e. The van der Waals surface area contributed by atoms with Crippen molar-refractivity contribution in [1.29, 1.82) is 0 Å². The van der Waals surface area contributed by atoms with E-state index < -0.39 is 16.6 Å². The number of primary amides is 1. The molecule has 0 heterocycles. The van der Waals surface area contributed by atoms with E-state index in [9.17, 15) is 24.1 Å². The van der Waals surface area contributed by atoms with Crippen molar-refractivity contribution >= 4 is 28.9 Å². The number of non-ortho nitro benzene ring substituents is 1. The molecule has 0 saturated carbocycles. The number of nitro benzene ring substituents is 1. The van der Waals surface area contributed by atoms with Crippen LogP contribution in [-0.2, 0) is 4.79 Å². The van der Waals surface area contributed by atoms with Crippen LogP contribution in [0.1, 0.15) is 23.2 Å². The van der Waals surface area contributed by atoms with Crippen LogP contribution in [0.2, 0.25) is 0 Å². The molecule has 0 bridgehead atoms. The number of nitro groups is 1. The number of nitrogens with two attached hydrogens (primary N) is 1. The second kappa shape index (κ2) is 8.56. The van der Waals surface area contributed by atoms with Crippen LogP contribution in [0.3, 0.4) is 0 Å². The molecule has 26 heavy (non-hydrogen) atoms. The summed E-state index contributed by atoms with van der Waals surface area (Å²) in [6, 6.07) is 9.54. The molecule has 0 saturated heterocycles. The van der Waals surface area contributed by atoms with Gasteiger partial charge in [0.05, 0.1) is 10.5 Å². The van der Waals surface area contributed by atoms with Gasteiger partial charge in [-0.3, -0.25) is 19.7 Å². The number of hydrogen-bond acceptors (Lipinski definition) is 5. The number of halogens is 1. The lowest BCUT2D eigenvalue weighted by molar-refractivity contribution is -0.384. The molecule has 0 radical (unpaired) electrons. The van der Waals surface area contributed by atoms with E-state index in [1.807, 2.05) is 0 Å². The van der Waals surface area contributed by atoms with Gasteiger partial charge >= 0.3 is 0 Å². The van der Waals surface area contributed by atoms with E-state index in [-0.39, 0.29) is 29.3 Å². The summed E-state index contributed by atoms with van der Waals surface area (Å²) >= 11 is 0. The zero-order chi connectivity index (χ0) is 19.1. The predicted molar refractivity (Wildman–Crippen MR) is 94.4 cm³/mol. The van der Waals surface area contributed by atoms with Crippen molar-refractivity contribution in [2.24, 2.45) is 5.73 Å². The summed E-state index contributed by atoms with van der Waals surface area (Å²) in [5, 5.41) is 16.2. The maximum atomic E-state index is 13.4. The lowest BCUT2D eigenvalue weighted by Gasteiger charge is -2.08. The van der Waals surface area contributed by atoms with Crippen molar-refractivity contribution in [2.45, 2.75) is 12.8 Å². The summed E-state index contributed by atoms with van der Waals surface area (Å²) in [4.78, 5) is 33.1. The van der Waals surface area contributed by atoms with Crippen LogP contribution in [-0.4, -0.2) is 23.3 Å². The van der Waals surface area contributed by atoms with Crippen LogP contribution in [0.25, 0.3) is 0 Å². The number of amides is 2. The Morgan fingerprint density at radius 2 is 1.77 bits per heavy atom. The molecule has 2 aromatic carbocycles. The molecule has 0 atom stereocenters. The molecule has 0 fully saturated rings. The molecule has 0 aromatic heterocycles. The molecule has 0 spiro atoms. The van der Waals surface area contributed by atoms with Gasteiger partial charge in [-0.15, -0.1) is 0 Å². The Kier molecular flexibility index (Phi) is 6.20. The van der Waals surface area contributed by atoms with E-state index in [1.54, 1.807) is 12.1 Å². The van der Waals surface area contributed by atoms with Crippen molar-refractivity contribution in [1.82, 2.24) is 0 Å². The van der Waals surface area contributed by atoms with Crippen LogP contribution < -0.4 is 16.4 Å². The Morgan fingerprint density at radius 3 is 2.38 bits per heavy atom. The number of nitrogens with zero attached hydrogens (tertiary/aromatic N) is 1. The minimum absolute atomic E-state index is 0.00422. The monoisotopic (exact) mass is 360 g/mol. The highest BCUT2D eigenvalue weighted by molar-refractivity contribution is 5.96. The summed E-state index contributed by atoms with van der Waals surface area (Å²) in [7, 11) is 0. The van der Waals surface area contributed by atoms with Gasteiger partial charge in [0.25, 0.3) is 11.6 Å². The second-order valence-electron chi connectivity index (χ2n) is 5.44. The first kappa shape index (κ1) is 18.8. The van der Waals surface area contributed by atoms with Crippen molar-refractivity contribution in [3.05, 3.63) is 64.0 Å². The van der Waals surface area contributed by atoms with Gasteiger partial charge in [0.15, 0.2) is 0 Å². The quantitative estimate of drug-likeness (QED) is 0.379. The summed E-state index contributed by atoms with van der Waals surface area (Å²) in [5.41, 5.74) is 5.77. The molecule has 2 rings (SSSR count). The highest BCUT2D eigenvalue weighted by Crippen LogP contribution is 2.16. The van der Waals surface area contributed by atoms with Gasteiger partial charge in [-0.05, 0) is 36.8 Å². The molecule has 0 aliphatic carbocycles. The lowest BCUT2D eigenvalue weighted by atomic mass is 10.1. The average Bonchev–Trinajstić information content (AvgIpc) is 2.60. The number of hydrogen-bond donors (Lipinski definition) is 3. The van der Waals surface area contributed by atoms with Crippen LogP contribution in [0.4, 0.5) is 21.5 Å². The average molecular weight is 360 g/mol. The third kappa shape index (κ3) is 5.26. The van der Waals surface area contributed by atoms with Crippen molar-refractivity contribution in [2.75, 3.05) is 17.2 Å². The van der Waals surface area contributed by atoms with Crippen LogP contribution in [0.5, 0.6) is 0 Å². The molecular formula is C17H17FN4O4. The molecule has 0 aliphatic rings. The third-order valence-corrected chi connectivity index (χ3v) is 3.50. The highest BCUT2D eigenvalue weighted by atomic mass is 19.1. The standard InChI is InChI=1S/C17H17FN4O4/c18-15-8-5-12(10-14(15)17(19)24)21-16(23)2-1-9-20-11-3-6-13(7-4-11)22(25)26/h3-8,10,20H,1-2,9H2,(H2,19,24)(H,21,23). The molecule has 4 N–H and O–H groups in total. The first-order valence-corrected chi connectivity index (χ1v) is 7.74. The Balaban J connectivity index is 1.78. The van der Waals surface area contributed by atoms with Gasteiger partial charge in [-0.2, -0.15) is 0 Å². The minimum atomic E-state index is -0.911. The zero-order valence-corrected chi connectivity index (χ0v) is 13.7. The van der Waals surface area contributed by atoms with E-state index >= 15 is 0 Å². The number of rotatable bonds is 8. The first-order chi connectivity index (χ1) is 12.4. The van der Waals surface area contributed by atoms with Gasteiger partial charge < -0.3 is 16.4 Å². The van der Waals surface area contributed by atoms with Crippen LogP contribution >= 0.6 is 0 Å². The van der Waals surface area contributed by atoms with Crippen molar-refractivity contribution < 1.29 is 18.9 Å². The first-order valence-electron chi connectivity index (χ1n) is 7.74. The maximum absolute atomic E-state index is 13.4. The predicted octanol–water partition coefficient (Wildman–Crippen LogP) is 2.66. The molecular weight excluding hydrogens is 343 g/mol. The molecule has 136 valence electrons. The zero-order valence-electron chi connectivity index (χ0n) is 13.7. The van der Waals surface area contributed by atoms with Gasteiger partial charge in [0, 0.05) is 36.5 Å². The maximum Gasteiger partial charge on any atom is 0.269 e.